The summed E-state index contributed by atoms with van der Waals surface area (Å²) in [6, 6.07) is 0.181. The van der Waals surface area contributed by atoms with E-state index in [1.807, 2.05) is 14.0 Å². The topological polar surface area (TPSA) is 52.0 Å². The molecule has 1 rings (SSSR count). The van der Waals surface area contributed by atoms with Crippen LogP contribution in [0.25, 0.3) is 0 Å². The van der Waals surface area contributed by atoms with Crippen molar-refractivity contribution < 1.29 is 4.74 Å². The van der Waals surface area contributed by atoms with Gasteiger partial charge in [0, 0.05) is 13.7 Å². The summed E-state index contributed by atoms with van der Waals surface area (Å²) >= 11 is 0. The zero-order valence-electron chi connectivity index (χ0n) is 9.03. The third-order valence-electron chi connectivity index (χ3n) is 2.05. The smallest absolute Gasteiger partial charge is 0.0776 e. The maximum atomic E-state index is 5.40. The van der Waals surface area contributed by atoms with Crippen LogP contribution in [-0.4, -0.2) is 34.8 Å². The fourth-order valence-electron chi connectivity index (χ4n) is 1.34. The lowest BCUT2D eigenvalue weighted by Gasteiger charge is -2.16. The summed E-state index contributed by atoms with van der Waals surface area (Å²) < 4.78 is 7.17. The Morgan fingerprint density at radius 1 is 1.57 bits per heavy atom. The van der Waals surface area contributed by atoms with E-state index in [2.05, 4.69) is 22.6 Å². The van der Waals surface area contributed by atoms with Gasteiger partial charge in [0.2, 0.25) is 0 Å². The second-order valence-electron chi connectivity index (χ2n) is 3.05. The van der Waals surface area contributed by atoms with Gasteiger partial charge in [0.05, 0.1) is 24.5 Å². The molecular formula is C9H18N4O. The number of hydrogen-bond donors (Lipinski definition) is 1. The molecule has 1 aromatic heterocycles. The highest BCUT2D eigenvalue weighted by Crippen LogP contribution is 2.10. The minimum absolute atomic E-state index is 0.181. The lowest BCUT2D eigenvalue weighted by Crippen LogP contribution is -2.27. The van der Waals surface area contributed by atoms with E-state index in [-0.39, 0.29) is 6.04 Å². The van der Waals surface area contributed by atoms with Crippen LogP contribution in [-0.2, 0) is 11.8 Å². The third-order valence-corrected chi connectivity index (χ3v) is 2.05. The minimum Gasteiger partial charge on any atom is -0.380 e. The molecule has 0 spiro atoms. The number of rotatable bonds is 6. The first-order valence-corrected chi connectivity index (χ1v) is 4.95. The highest BCUT2D eigenvalue weighted by atomic mass is 16.5. The summed E-state index contributed by atoms with van der Waals surface area (Å²) in [6.07, 6.45) is 1.77. The summed E-state index contributed by atoms with van der Waals surface area (Å²) in [5.74, 6) is 0. The summed E-state index contributed by atoms with van der Waals surface area (Å²) in [5.41, 5.74) is 1.06. The molecule has 1 heterocycles. The molecule has 5 heteroatoms. The Labute approximate surface area is 84.4 Å². The van der Waals surface area contributed by atoms with Crippen LogP contribution in [0.15, 0.2) is 6.20 Å². The second kappa shape index (κ2) is 5.72. The molecule has 0 aliphatic rings. The van der Waals surface area contributed by atoms with E-state index in [0.29, 0.717) is 6.61 Å². The quantitative estimate of drug-likeness (QED) is 0.723. The average Bonchev–Trinajstić information content (AvgIpc) is 2.59. The maximum Gasteiger partial charge on any atom is 0.0776 e. The van der Waals surface area contributed by atoms with E-state index in [1.54, 1.807) is 10.9 Å². The van der Waals surface area contributed by atoms with Crippen LogP contribution >= 0.6 is 0 Å². The molecule has 14 heavy (non-hydrogen) atoms. The Hall–Kier alpha value is -0.940. The highest BCUT2D eigenvalue weighted by molar-refractivity contribution is 5.01. The molecule has 0 saturated carbocycles. The molecule has 1 aromatic rings. The molecule has 1 atom stereocenters. The molecule has 0 saturated heterocycles. The van der Waals surface area contributed by atoms with Crippen LogP contribution in [0.1, 0.15) is 25.6 Å². The van der Waals surface area contributed by atoms with Crippen molar-refractivity contribution in [1.82, 2.24) is 20.3 Å². The van der Waals surface area contributed by atoms with Gasteiger partial charge in [-0.25, -0.2) is 0 Å². The van der Waals surface area contributed by atoms with E-state index in [9.17, 15) is 0 Å². The third kappa shape index (κ3) is 2.78. The van der Waals surface area contributed by atoms with Crippen LogP contribution in [0.3, 0.4) is 0 Å². The van der Waals surface area contributed by atoms with E-state index in [0.717, 1.165) is 18.8 Å². The standard InChI is InChI=1S/C9H18N4O/c1-4-10-8(7-14-5-2)9-6-11-12-13(9)3/h6,8,10H,4-5,7H2,1-3H3. The number of aryl methyl sites for hydroxylation is 1. The Morgan fingerprint density at radius 3 is 2.86 bits per heavy atom. The molecule has 0 fully saturated rings. The summed E-state index contributed by atoms with van der Waals surface area (Å²) in [6.45, 7) is 6.36. The zero-order valence-corrected chi connectivity index (χ0v) is 9.03. The number of likely N-dealkylation sites (N-methyl/N-ethyl adjacent to an activating group) is 1. The fraction of sp³-hybridized carbons (Fsp3) is 0.778. The second-order valence-corrected chi connectivity index (χ2v) is 3.05. The van der Waals surface area contributed by atoms with Crippen molar-refractivity contribution in [3.05, 3.63) is 11.9 Å². The van der Waals surface area contributed by atoms with Crippen molar-refractivity contribution in [3.8, 4) is 0 Å². The molecule has 80 valence electrons. The largest absolute Gasteiger partial charge is 0.380 e. The predicted molar refractivity (Wildman–Crippen MR) is 53.9 cm³/mol. The van der Waals surface area contributed by atoms with Gasteiger partial charge in [0.25, 0.3) is 0 Å². The Balaban J connectivity index is 2.62. The highest BCUT2D eigenvalue weighted by Gasteiger charge is 2.14. The van der Waals surface area contributed by atoms with E-state index >= 15 is 0 Å². The summed E-state index contributed by atoms with van der Waals surface area (Å²) in [4.78, 5) is 0. The molecule has 5 nitrogen and oxygen atoms in total. The van der Waals surface area contributed by atoms with Gasteiger partial charge < -0.3 is 10.1 Å². The summed E-state index contributed by atoms with van der Waals surface area (Å²) in [5, 5.41) is 11.1. The number of hydrogen-bond acceptors (Lipinski definition) is 4. The van der Waals surface area contributed by atoms with Crippen molar-refractivity contribution in [2.75, 3.05) is 19.8 Å². The zero-order chi connectivity index (χ0) is 10.4. The number of aromatic nitrogens is 3. The first-order chi connectivity index (χ1) is 6.79. The number of ether oxygens (including phenoxy) is 1. The SMILES string of the molecule is CCNC(COCC)c1cnnn1C. The lowest BCUT2D eigenvalue weighted by atomic mass is 10.2. The fourth-order valence-corrected chi connectivity index (χ4v) is 1.34. The van der Waals surface area contributed by atoms with Crippen LogP contribution in [0, 0.1) is 0 Å². The van der Waals surface area contributed by atoms with E-state index in [4.69, 9.17) is 4.74 Å². The number of nitrogens with one attached hydrogen (secondary N) is 1. The first kappa shape index (κ1) is 11.1. The molecule has 0 aliphatic heterocycles. The monoisotopic (exact) mass is 198 g/mol. The van der Waals surface area contributed by atoms with Crippen LogP contribution in [0.4, 0.5) is 0 Å². The maximum absolute atomic E-state index is 5.40. The summed E-state index contributed by atoms with van der Waals surface area (Å²) in [7, 11) is 1.89. The van der Waals surface area contributed by atoms with Crippen molar-refractivity contribution >= 4 is 0 Å². The Kier molecular flexibility index (Phi) is 4.55. The van der Waals surface area contributed by atoms with Gasteiger partial charge in [-0.05, 0) is 13.5 Å². The molecule has 0 radical (unpaired) electrons. The van der Waals surface area contributed by atoms with Gasteiger partial charge in [-0.3, -0.25) is 4.68 Å². The molecular weight excluding hydrogens is 180 g/mol. The van der Waals surface area contributed by atoms with Gasteiger partial charge in [-0.1, -0.05) is 12.1 Å². The van der Waals surface area contributed by atoms with Gasteiger partial charge in [0.15, 0.2) is 0 Å². The van der Waals surface area contributed by atoms with Crippen molar-refractivity contribution in [2.45, 2.75) is 19.9 Å². The van der Waals surface area contributed by atoms with E-state index < -0.39 is 0 Å². The first-order valence-electron chi connectivity index (χ1n) is 4.95. The molecule has 0 aromatic carbocycles. The lowest BCUT2D eigenvalue weighted by molar-refractivity contribution is 0.121. The van der Waals surface area contributed by atoms with Crippen LogP contribution < -0.4 is 5.32 Å². The van der Waals surface area contributed by atoms with Crippen molar-refractivity contribution in [1.29, 1.82) is 0 Å². The predicted octanol–water partition coefficient (Wildman–Crippen LogP) is 0.502. The van der Waals surface area contributed by atoms with E-state index in [1.165, 1.54) is 0 Å². The van der Waals surface area contributed by atoms with Gasteiger partial charge in [-0.2, -0.15) is 0 Å². The van der Waals surface area contributed by atoms with Gasteiger partial charge in [-0.15, -0.1) is 5.10 Å². The Morgan fingerprint density at radius 2 is 2.36 bits per heavy atom. The van der Waals surface area contributed by atoms with Gasteiger partial charge in [0.1, 0.15) is 0 Å². The van der Waals surface area contributed by atoms with Gasteiger partial charge >= 0.3 is 0 Å². The molecule has 0 amide bonds. The van der Waals surface area contributed by atoms with Crippen LogP contribution in [0.5, 0.6) is 0 Å². The molecule has 0 bridgehead atoms. The molecule has 0 aliphatic carbocycles. The van der Waals surface area contributed by atoms with Crippen LogP contribution in [0.2, 0.25) is 0 Å². The molecule has 1 unspecified atom stereocenters. The van der Waals surface area contributed by atoms with Crippen molar-refractivity contribution in [2.24, 2.45) is 7.05 Å². The Bertz CT molecular complexity index is 261. The average molecular weight is 198 g/mol. The minimum atomic E-state index is 0.181. The number of nitrogens with zero attached hydrogens (tertiary/aromatic N) is 3. The normalized spacial score (nSPS) is 13.1. The van der Waals surface area contributed by atoms with Crippen molar-refractivity contribution in [3.63, 3.8) is 0 Å². The molecule has 1 N–H and O–H groups in total.